The molecule has 18 heavy (non-hydrogen) atoms. The molecule has 0 aliphatic carbocycles. The molecule has 0 atom stereocenters. The van der Waals surface area contributed by atoms with E-state index in [1.807, 2.05) is 13.0 Å². The van der Waals surface area contributed by atoms with Crippen molar-refractivity contribution in [3.8, 4) is 16.9 Å². The van der Waals surface area contributed by atoms with Crippen LogP contribution in [-0.4, -0.2) is 12.9 Å². The van der Waals surface area contributed by atoms with Gasteiger partial charge in [0, 0.05) is 11.1 Å². The van der Waals surface area contributed by atoms with Gasteiger partial charge in [0.25, 0.3) is 0 Å². The molecule has 0 fully saturated rings. The number of aldehydes is 1. The van der Waals surface area contributed by atoms with Crippen molar-refractivity contribution >= 4 is 6.29 Å². The molecular formula is C15H13FO2. The van der Waals surface area contributed by atoms with Crippen LogP contribution < -0.4 is 4.74 Å². The Labute approximate surface area is 105 Å². The monoisotopic (exact) mass is 244 g/mol. The van der Waals surface area contributed by atoms with Gasteiger partial charge in [-0.25, -0.2) is 4.39 Å². The highest BCUT2D eigenvalue weighted by molar-refractivity contribution is 5.80. The van der Waals surface area contributed by atoms with Gasteiger partial charge in [-0.3, -0.25) is 4.79 Å². The second-order valence-corrected chi connectivity index (χ2v) is 3.81. The molecule has 2 aromatic carbocycles. The van der Waals surface area contributed by atoms with E-state index in [0.717, 1.165) is 17.4 Å². The molecule has 3 heteroatoms. The average molecular weight is 244 g/mol. The Bertz CT molecular complexity index is 547. The van der Waals surface area contributed by atoms with Crippen molar-refractivity contribution in [3.63, 3.8) is 0 Å². The minimum atomic E-state index is -0.277. The highest BCUT2D eigenvalue weighted by Gasteiger charge is 2.07. The molecule has 2 aromatic rings. The van der Waals surface area contributed by atoms with Crippen molar-refractivity contribution in [2.45, 2.75) is 6.92 Å². The Morgan fingerprint density at radius 2 is 1.89 bits per heavy atom. The van der Waals surface area contributed by atoms with E-state index in [1.54, 1.807) is 24.3 Å². The van der Waals surface area contributed by atoms with Crippen LogP contribution in [0.3, 0.4) is 0 Å². The zero-order valence-electron chi connectivity index (χ0n) is 10.0. The van der Waals surface area contributed by atoms with Gasteiger partial charge in [-0.1, -0.05) is 18.2 Å². The van der Waals surface area contributed by atoms with Crippen molar-refractivity contribution in [3.05, 3.63) is 53.8 Å². The lowest BCUT2D eigenvalue weighted by atomic mass is 10.0. The fourth-order valence-electron chi connectivity index (χ4n) is 1.76. The van der Waals surface area contributed by atoms with Crippen LogP contribution in [0.1, 0.15) is 17.3 Å². The normalized spacial score (nSPS) is 10.1. The predicted octanol–water partition coefficient (Wildman–Crippen LogP) is 3.70. The number of carbonyl (C=O) groups is 1. The lowest BCUT2D eigenvalue weighted by Crippen LogP contribution is -1.95. The minimum absolute atomic E-state index is 0.277. The van der Waals surface area contributed by atoms with Crippen LogP contribution in [0.25, 0.3) is 11.1 Å². The van der Waals surface area contributed by atoms with Crippen LogP contribution in [0.5, 0.6) is 5.75 Å². The first kappa shape index (κ1) is 12.3. The summed E-state index contributed by atoms with van der Waals surface area (Å²) in [7, 11) is 0. The molecule has 2 rings (SSSR count). The molecular weight excluding hydrogens is 231 g/mol. The molecule has 0 saturated carbocycles. The van der Waals surface area contributed by atoms with Gasteiger partial charge in [0.1, 0.15) is 17.9 Å². The third-order valence-corrected chi connectivity index (χ3v) is 2.60. The Balaban J connectivity index is 2.48. The Morgan fingerprint density at radius 1 is 1.17 bits per heavy atom. The molecule has 0 radical (unpaired) electrons. The SMILES string of the molecule is CCOc1cc(C=O)ccc1-c1ccc(F)cc1. The van der Waals surface area contributed by atoms with Gasteiger partial charge in [0.2, 0.25) is 0 Å². The van der Waals surface area contributed by atoms with Crippen molar-refractivity contribution in [2.75, 3.05) is 6.61 Å². The number of benzene rings is 2. The maximum atomic E-state index is 12.9. The molecule has 0 aliphatic heterocycles. The molecule has 0 bridgehead atoms. The van der Waals surface area contributed by atoms with E-state index in [2.05, 4.69) is 0 Å². The predicted molar refractivity (Wildman–Crippen MR) is 68.4 cm³/mol. The summed E-state index contributed by atoms with van der Waals surface area (Å²) in [5, 5.41) is 0. The van der Waals surface area contributed by atoms with Crippen LogP contribution >= 0.6 is 0 Å². The fourth-order valence-corrected chi connectivity index (χ4v) is 1.76. The molecule has 0 saturated heterocycles. The number of rotatable bonds is 4. The van der Waals surface area contributed by atoms with Gasteiger partial charge >= 0.3 is 0 Å². The molecule has 0 unspecified atom stereocenters. The van der Waals surface area contributed by atoms with Crippen LogP contribution in [0.4, 0.5) is 4.39 Å². The molecule has 0 heterocycles. The van der Waals surface area contributed by atoms with E-state index in [0.29, 0.717) is 17.9 Å². The number of hydrogen-bond acceptors (Lipinski definition) is 2. The molecule has 0 spiro atoms. The maximum Gasteiger partial charge on any atom is 0.150 e. The summed E-state index contributed by atoms with van der Waals surface area (Å²) in [6, 6.07) is 11.4. The van der Waals surface area contributed by atoms with Gasteiger partial charge in [0.05, 0.1) is 6.61 Å². The number of carbonyl (C=O) groups excluding carboxylic acids is 1. The molecule has 0 N–H and O–H groups in total. The summed E-state index contributed by atoms with van der Waals surface area (Å²) < 4.78 is 18.4. The van der Waals surface area contributed by atoms with Gasteiger partial charge < -0.3 is 4.74 Å². The van der Waals surface area contributed by atoms with Crippen LogP contribution in [0.2, 0.25) is 0 Å². The first-order chi connectivity index (χ1) is 8.74. The highest BCUT2D eigenvalue weighted by atomic mass is 19.1. The van der Waals surface area contributed by atoms with Crippen LogP contribution in [-0.2, 0) is 0 Å². The smallest absolute Gasteiger partial charge is 0.150 e. The van der Waals surface area contributed by atoms with Gasteiger partial charge in [-0.05, 0) is 36.8 Å². The quantitative estimate of drug-likeness (QED) is 0.766. The molecule has 0 aromatic heterocycles. The van der Waals surface area contributed by atoms with Crippen molar-refractivity contribution in [2.24, 2.45) is 0 Å². The van der Waals surface area contributed by atoms with E-state index in [1.165, 1.54) is 12.1 Å². The Morgan fingerprint density at radius 3 is 2.50 bits per heavy atom. The van der Waals surface area contributed by atoms with Gasteiger partial charge in [-0.15, -0.1) is 0 Å². The van der Waals surface area contributed by atoms with E-state index in [9.17, 15) is 9.18 Å². The summed E-state index contributed by atoms with van der Waals surface area (Å²) in [5.74, 6) is 0.356. The zero-order valence-corrected chi connectivity index (χ0v) is 10.0. The second kappa shape index (κ2) is 5.45. The first-order valence-corrected chi connectivity index (χ1v) is 5.72. The number of ether oxygens (including phenoxy) is 1. The van der Waals surface area contributed by atoms with Gasteiger partial charge in [0.15, 0.2) is 0 Å². The number of halogens is 1. The summed E-state index contributed by atoms with van der Waals surface area (Å²) in [5.41, 5.74) is 2.27. The Hall–Kier alpha value is -2.16. The third-order valence-electron chi connectivity index (χ3n) is 2.60. The summed E-state index contributed by atoms with van der Waals surface area (Å²) in [6.07, 6.45) is 0.775. The second-order valence-electron chi connectivity index (χ2n) is 3.81. The number of hydrogen-bond donors (Lipinski definition) is 0. The summed E-state index contributed by atoms with van der Waals surface area (Å²) >= 11 is 0. The summed E-state index contributed by atoms with van der Waals surface area (Å²) in [4.78, 5) is 10.8. The highest BCUT2D eigenvalue weighted by Crippen LogP contribution is 2.30. The largest absolute Gasteiger partial charge is 0.493 e. The zero-order chi connectivity index (χ0) is 13.0. The molecule has 0 aliphatic rings. The Kier molecular flexibility index (Phi) is 3.72. The fraction of sp³-hybridized carbons (Fsp3) is 0.133. The lowest BCUT2D eigenvalue weighted by molar-refractivity contribution is 0.112. The van der Waals surface area contributed by atoms with Crippen molar-refractivity contribution in [1.82, 2.24) is 0 Å². The maximum absolute atomic E-state index is 12.9. The third kappa shape index (κ3) is 2.56. The molecule has 92 valence electrons. The minimum Gasteiger partial charge on any atom is -0.493 e. The first-order valence-electron chi connectivity index (χ1n) is 5.72. The molecule has 2 nitrogen and oxygen atoms in total. The van der Waals surface area contributed by atoms with Gasteiger partial charge in [-0.2, -0.15) is 0 Å². The van der Waals surface area contributed by atoms with E-state index in [-0.39, 0.29) is 5.82 Å². The lowest BCUT2D eigenvalue weighted by Gasteiger charge is -2.11. The average Bonchev–Trinajstić information content (AvgIpc) is 2.40. The van der Waals surface area contributed by atoms with Crippen LogP contribution in [0, 0.1) is 5.82 Å². The van der Waals surface area contributed by atoms with Crippen LogP contribution in [0.15, 0.2) is 42.5 Å². The van der Waals surface area contributed by atoms with E-state index >= 15 is 0 Å². The standard InChI is InChI=1S/C15H13FO2/c1-2-18-15-9-11(10-17)3-8-14(15)12-4-6-13(16)7-5-12/h3-10H,2H2,1H3. The summed E-state index contributed by atoms with van der Waals surface area (Å²) in [6.45, 7) is 2.39. The van der Waals surface area contributed by atoms with E-state index < -0.39 is 0 Å². The van der Waals surface area contributed by atoms with Crippen molar-refractivity contribution < 1.29 is 13.9 Å². The molecule has 0 amide bonds. The van der Waals surface area contributed by atoms with E-state index in [4.69, 9.17) is 4.74 Å². The topological polar surface area (TPSA) is 26.3 Å². The van der Waals surface area contributed by atoms with Crippen molar-refractivity contribution in [1.29, 1.82) is 0 Å².